The van der Waals surface area contributed by atoms with Gasteiger partial charge in [-0.2, -0.15) is 0 Å². The Balaban J connectivity index is 1.69. The number of rotatable bonds is 4. The molecule has 0 radical (unpaired) electrons. The molecule has 0 unspecified atom stereocenters. The van der Waals surface area contributed by atoms with E-state index in [0.717, 1.165) is 43.5 Å². The van der Waals surface area contributed by atoms with Crippen LogP contribution < -0.4 is 0 Å². The predicted octanol–water partition coefficient (Wildman–Crippen LogP) is 1.96. The van der Waals surface area contributed by atoms with E-state index in [2.05, 4.69) is 55.0 Å². The van der Waals surface area contributed by atoms with Crippen molar-refractivity contribution >= 4 is 0 Å². The molecular weight excluding hydrogens is 300 g/mol. The maximum absolute atomic E-state index is 4.50. The first kappa shape index (κ1) is 16.7. The number of likely N-dealkylation sites (tertiary alicyclic amines) is 1. The molecule has 24 heavy (non-hydrogen) atoms. The molecule has 6 nitrogen and oxygen atoms in total. The summed E-state index contributed by atoms with van der Waals surface area (Å²) in [6.45, 7) is 7.84. The van der Waals surface area contributed by atoms with Gasteiger partial charge in [0.15, 0.2) is 5.82 Å². The molecule has 6 heteroatoms. The molecular formula is C18H26N6. The van der Waals surface area contributed by atoms with Crippen molar-refractivity contribution in [1.82, 2.24) is 29.2 Å². The first-order chi connectivity index (χ1) is 11.7. The molecule has 0 N–H and O–H groups in total. The van der Waals surface area contributed by atoms with Crippen LogP contribution in [0.25, 0.3) is 0 Å². The Morgan fingerprint density at radius 3 is 2.92 bits per heavy atom. The Kier molecular flexibility index (Phi) is 5.31. The topological polar surface area (TPSA) is 51.8 Å². The van der Waals surface area contributed by atoms with Crippen molar-refractivity contribution in [2.45, 2.75) is 45.6 Å². The predicted molar refractivity (Wildman–Crippen MR) is 93.6 cm³/mol. The second kappa shape index (κ2) is 7.63. The van der Waals surface area contributed by atoms with Gasteiger partial charge in [-0.3, -0.25) is 4.90 Å². The molecule has 0 amide bonds. The number of aromatic nitrogens is 5. The van der Waals surface area contributed by atoms with Gasteiger partial charge in [-0.25, -0.2) is 4.98 Å². The van der Waals surface area contributed by atoms with E-state index in [-0.39, 0.29) is 0 Å². The third-order valence-electron chi connectivity index (χ3n) is 4.71. The smallest absolute Gasteiger partial charge is 0.152 e. The first-order valence-electron chi connectivity index (χ1n) is 8.73. The fourth-order valence-electron chi connectivity index (χ4n) is 3.29. The molecule has 0 bridgehead atoms. The highest BCUT2D eigenvalue weighted by Crippen LogP contribution is 2.25. The molecule has 2 aromatic heterocycles. The maximum atomic E-state index is 4.50. The number of piperidine rings is 1. The lowest BCUT2D eigenvalue weighted by Gasteiger charge is -2.30. The summed E-state index contributed by atoms with van der Waals surface area (Å²) in [4.78, 5) is 6.71. The minimum Gasteiger partial charge on any atom is -0.328 e. The Labute approximate surface area is 143 Å². The van der Waals surface area contributed by atoms with Gasteiger partial charge in [0.1, 0.15) is 11.6 Å². The molecule has 1 saturated heterocycles. The summed E-state index contributed by atoms with van der Waals surface area (Å²) in [5, 5.41) is 8.92. The van der Waals surface area contributed by atoms with E-state index in [1.807, 2.05) is 19.3 Å². The van der Waals surface area contributed by atoms with Crippen molar-refractivity contribution in [1.29, 1.82) is 0 Å². The molecule has 1 aliphatic heterocycles. The van der Waals surface area contributed by atoms with Crippen LogP contribution >= 0.6 is 0 Å². The molecule has 128 valence electrons. The summed E-state index contributed by atoms with van der Waals surface area (Å²) in [6, 6.07) is 0. The van der Waals surface area contributed by atoms with Crippen LogP contribution in [0.2, 0.25) is 0 Å². The molecule has 1 fully saturated rings. The van der Waals surface area contributed by atoms with Crippen molar-refractivity contribution in [2.75, 3.05) is 19.6 Å². The normalized spacial score (nSPS) is 18.4. The van der Waals surface area contributed by atoms with E-state index >= 15 is 0 Å². The largest absolute Gasteiger partial charge is 0.328 e. The van der Waals surface area contributed by atoms with Crippen LogP contribution in [0, 0.1) is 18.8 Å². The number of hydrogen-bond acceptors (Lipinski definition) is 4. The summed E-state index contributed by atoms with van der Waals surface area (Å²) in [5.41, 5.74) is 0. The van der Waals surface area contributed by atoms with Crippen molar-refractivity contribution in [3.8, 4) is 11.8 Å². The molecule has 1 atom stereocenters. The van der Waals surface area contributed by atoms with Gasteiger partial charge in [-0.05, 0) is 26.3 Å². The van der Waals surface area contributed by atoms with Gasteiger partial charge in [-0.1, -0.05) is 12.8 Å². The van der Waals surface area contributed by atoms with Crippen LogP contribution in [0.4, 0.5) is 0 Å². The van der Waals surface area contributed by atoms with Gasteiger partial charge >= 0.3 is 0 Å². The van der Waals surface area contributed by atoms with Gasteiger partial charge in [0, 0.05) is 38.3 Å². The highest BCUT2D eigenvalue weighted by molar-refractivity contribution is 5.07. The zero-order valence-corrected chi connectivity index (χ0v) is 14.9. The van der Waals surface area contributed by atoms with Gasteiger partial charge in [0.25, 0.3) is 0 Å². The monoisotopic (exact) mass is 326 g/mol. The van der Waals surface area contributed by atoms with Gasteiger partial charge in [-0.15, -0.1) is 16.1 Å². The molecule has 0 spiro atoms. The van der Waals surface area contributed by atoms with Crippen molar-refractivity contribution in [2.24, 2.45) is 7.05 Å². The third-order valence-corrected chi connectivity index (χ3v) is 4.71. The summed E-state index contributed by atoms with van der Waals surface area (Å²) >= 11 is 0. The average molecular weight is 326 g/mol. The Morgan fingerprint density at radius 1 is 1.29 bits per heavy atom. The van der Waals surface area contributed by atoms with Crippen molar-refractivity contribution in [3.05, 3.63) is 29.9 Å². The van der Waals surface area contributed by atoms with Crippen LogP contribution in [0.15, 0.2) is 12.4 Å². The SMILES string of the molecule is CCC#CCN1CCC[C@H](c2nnc(Cn3ccnc3C)n2C)C1. The second-order valence-electron chi connectivity index (χ2n) is 6.42. The second-order valence-corrected chi connectivity index (χ2v) is 6.42. The molecule has 0 saturated carbocycles. The van der Waals surface area contributed by atoms with Crippen LogP contribution in [0.3, 0.4) is 0 Å². The number of hydrogen-bond donors (Lipinski definition) is 0. The Bertz CT molecular complexity index is 732. The van der Waals surface area contributed by atoms with Crippen LogP contribution in [0.5, 0.6) is 0 Å². The van der Waals surface area contributed by atoms with Crippen LogP contribution in [-0.2, 0) is 13.6 Å². The summed E-state index contributed by atoms with van der Waals surface area (Å²) in [5.74, 6) is 9.93. The fourth-order valence-corrected chi connectivity index (χ4v) is 3.29. The third kappa shape index (κ3) is 3.68. The van der Waals surface area contributed by atoms with Crippen molar-refractivity contribution in [3.63, 3.8) is 0 Å². The average Bonchev–Trinajstić information content (AvgIpc) is 3.15. The van der Waals surface area contributed by atoms with E-state index < -0.39 is 0 Å². The fraction of sp³-hybridized carbons (Fsp3) is 0.611. The van der Waals surface area contributed by atoms with Crippen molar-refractivity contribution < 1.29 is 0 Å². The minimum absolute atomic E-state index is 0.442. The van der Waals surface area contributed by atoms with Crippen LogP contribution in [0.1, 0.15) is 49.6 Å². The van der Waals surface area contributed by atoms with E-state index in [1.165, 1.54) is 12.8 Å². The lowest BCUT2D eigenvalue weighted by molar-refractivity contribution is 0.224. The van der Waals surface area contributed by atoms with Crippen LogP contribution in [-0.4, -0.2) is 48.8 Å². The van der Waals surface area contributed by atoms with Gasteiger partial charge in [0.05, 0.1) is 13.1 Å². The van der Waals surface area contributed by atoms with E-state index in [4.69, 9.17) is 0 Å². The highest BCUT2D eigenvalue weighted by Gasteiger charge is 2.25. The lowest BCUT2D eigenvalue weighted by atomic mass is 9.97. The zero-order valence-electron chi connectivity index (χ0n) is 14.9. The molecule has 2 aromatic rings. The first-order valence-corrected chi connectivity index (χ1v) is 8.73. The van der Waals surface area contributed by atoms with E-state index in [9.17, 15) is 0 Å². The quantitative estimate of drug-likeness (QED) is 0.806. The van der Waals surface area contributed by atoms with E-state index in [1.54, 1.807) is 0 Å². The summed E-state index contributed by atoms with van der Waals surface area (Å²) in [6.07, 6.45) is 7.11. The minimum atomic E-state index is 0.442. The van der Waals surface area contributed by atoms with Gasteiger partial charge < -0.3 is 9.13 Å². The molecule has 0 aromatic carbocycles. The number of nitrogens with zero attached hydrogens (tertiary/aromatic N) is 6. The maximum Gasteiger partial charge on any atom is 0.152 e. The van der Waals surface area contributed by atoms with Gasteiger partial charge in [0.2, 0.25) is 0 Å². The molecule has 3 heterocycles. The zero-order chi connectivity index (χ0) is 16.9. The summed E-state index contributed by atoms with van der Waals surface area (Å²) < 4.78 is 4.26. The number of aryl methyl sites for hydroxylation is 1. The molecule has 3 rings (SSSR count). The Morgan fingerprint density at radius 2 is 2.17 bits per heavy atom. The lowest BCUT2D eigenvalue weighted by Crippen LogP contribution is -2.35. The van der Waals surface area contributed by atoms with E-state index in [0.29, 0.717) is 12.5 Å². The highest BCUT2D eigenvalue weighted by atomic mass is 15.3. The Hall–Kier alpha value is -2.13. The molecule has 0 aliphatic carbocycles. The standard InChI is InChI=1S/C18H26N6/c1-4-5-6-10-23-11-7-8-16(13-23)18-21-20-17(22(18)3)14-24-12-9-19-15(24)2/h9,12,16H,4,7-8,10-11,13-14H2,1-3H3/t16-/m0/s1. The number of imidazole rings is 1. The summed E-state index contributed by atoms with van der Waals surface area (Å²) in [7, 11) is 2.08. The molecule has 1 aliphatic rings.